The summed E-state index contributed by atoms with van der Waals surface area (Å²) in [5.74, 6) is -0.900. The molecule has 0 bridgehead atoms. The monoisotopic (exact) mass is 456 g/mol. The molecule has 5 N–H and O–H groups in total. The van der Waals surface area contributed by atoms with Gasteiger partial charge in [-0.2, -0.15) is 0 Å². The summed E-state index contributed by atoms with van der Waals surface area (Å²) in [5, 5.41) is 4.10. The van der Waals surface area contributed by atoms with Crippen LogP contribution in [-0.4, -0.2) is 44.9 Å². The van der Waals surface area contributed by atoms with E-state index in [0.717, 1.165) is 12.0 Å². The van der Waals surface area contributed by atoms with Gasteiger partial charge < -0.3 is 31.0 Å². The van der Waals surface area contributed by atoms with Gasteiger partial charge in [0, 0.05) is 44.0 Å². The summed E-state index contributed by atoms with van der Waals surface area (Å²) >= 11 is 0. The largest absolute Gasteiger partial charge is 0.494 e. The molecule has 0 aliphatic carbocycles. The lowest BCUT2D eigenvalue weighted by atomic mass is 10.0. The lowest BCUT2D eigenvalue weighted by molar-refractivity contribution is 0.0930. The second-order valence-electron chi connectivity index (χ2n) is 7.45. The van der Waals surface area contributed by atoms with E-state index in [1.54, 1.807) is 37.6 Å². The van der Waals surface area contributed by atoms with Crippen LogP contribution in [0.15, 0.2) is 42.6 Å². The van der Waals surface area contributed by atoms with E-state index in [4.69, 9.17) is 25.7 Å². The van der Waals surface area contributed by atoms with Crippen LogP contribution in [-0.2, 0) is 16.1 Å². The number of hydrogen-bond donors (Lipinski definition) is 3. The minimum atomic E-state index is -0.574. The number of carbonyl (C=O) groups is 1. The quantitative estimate of drug-likeness (QED) is 0.358. The maximum absolute atomic E-state index is 14.3. The number of amides is 1. The van der Waals surface area contributed by atoms with E-state index in [-0.39, 0.29) is 18.9 Å². The average Bonchev–Trinajstić information content (AvgIpc) is 2.82. The van der Waals surface area contributed by atoms with E-state index in [2.05, 4.69) is 10.3 Å². The van der Waals surface area contributed by atoms with Gasteiger partial charge in [-0.05, 0) is 30.2 Å². The number of methoxy groups -OCH3 is 2. The van der Waals surface area contributed by atoms with Crippen LogP contribution >= 0.6 is 0 Å². The van der Waals surface area contributed by atoms with Crippen LogP contribution in [0.1, 0.15) is 33.9 Å². The molecule has 2 aromatic carbocycles. The minimum Gasteiger partial charge on any atom is -0.494 e. The van der Waals surface area contributed by atoms with E-state index in [1.807, 2.05) is 6.07 Å². The highest BCUT2D eigenvalue weighted by Gasteiger charge is 2.19. The first-order chi connectivity index (χ1) is 16.0. The van der Waals surface area contributed by atoms with Crippen molar-refractivity contribution in [3.8, 4) is 5.75 Å². The summed E-state index contributed by atoms with van der Waals surface area (Å²) in [4.78, 5) is 16.4. The van der Waals surface area contributed by atoms with Gasteiger partial charge in [-0.15, -0.1) is 0 Å². The molecule has 1 amide bonds. The molecule has 0 spiro atoms. The summed E-state index contributed by atoms with van der Waals surface area (Å²) in [6, 6.07) is 9.50. The Morgan fingerprint density at radius 1 is 1.21 bits per heavy atom. The Kier molecular flexibility index (Phi) is 8.53. The number of hydrogen-bond acceptors (Lipinski definition) is 7. The number of anilines is 1. The van der Waals surface area contributed by atoms with Crippen LogP contribution in [0.3, 0.4) is 0 Å². The fourth-order valence-electron chi connectivity index (χ4n) is 3.58. The summed E-state index contributed by atoms with van der Waals surface area (Å²) in [7, 11) is 3.05. The summed E-state index contributed by atoms with van der Waals surface area (Å²) in [6.45, 7) is 1.58. The smallest absolute Gasteiger partial charge is 0.250 e. The van der Waals surface area contributed by atoms with Gasteiger partial charge in [0.25, 0.3) is 5.91 Å². The van der Waals surface area contributed by atoms with Crippen molar-refractivity contribution < 1.29 is 23.4 Å². The van der Waals surface area contributed by atoms with E-state index in [9.17, 15) is 9.18 Å². The number of carbonyl (C=O) groups excluding carboxylic acids is 1. The Labute approximate surface area is 192 Å². The fourth-order valence-corrected chi connectivity index (χ4v) is 3.58. The van der Waals surface area contributed by atoms with E-state index < -0.39 is 17.8 Å². The first kappa shape index (κ1) is 24.4. The molecule has 176 valence electrons. The summed E-state index contributed by atoms with van der Waals surface area (Å²) in [6.07, 6.45) is 2.40. The first-order valence-electron chi connectivity index (χ1n) is 10.6. The van der Waals surface area contributed by atoms with Gasteiger partial charge in [-0.3, -0.25) is 9.78 Å². The van der Waals surface area contributed by atoms with E-state index in [1.165, 1.54) is 13.2 Å². The zero-order chi connectivity index (χ0) is 23.8. The van der Waals surface area contributed by atoms with Gasteiger partial charge in [-0.1, -0.05) is 18.2 Å². The van der Waals surface area contributed by atoms with Crippen molar-refractivity contribution in [2.24, 2.45) is 11.5 Å². The lowest BCUT2D eigenvalue weighted by Crippen LogP contribution is -2.22. The van der Waals surface area contributed by atoms with Crippen LogP contribution in [0.4, 0.5) is 10.1 Å². The van der Waals surface area contributed by atoms with Gasteiger partial charge in [0.2, 0.25) is 0 Å². The van der Waals surface area contributed by atoms with Crippen molar-refractivity contribution in [1.82, 2.24) is 4.98 Å². The van der Waals surface area contributed by atoms with Gasteiger partial charge in [-0.25, -0.2) is 4.39 Å². The number of aromatic nitrogens is 1. The van der Waals surface area contributed by atoms with Crippen molar-refractivity contribution in [3.63, 3.8) is 0 Å². The number of ether oxygens (including phenoxy) is 3. The van der Waals surface area contributed by atoms with Crippen LogP contribution < -0.4 is 21.5 Å². The van der Waals surface area contributed by atoms with E-state index in [0.29, 0.717) is 40.9 Å². The Balaban J connectivity index is 2.00. The van der Waals surface area contributed by atoms with Crippen LogP contribution in [0, 0.1) is 5.82 Å². The number of nitrogens with two attached hydrogens (primary N) is 2. The van der Waals surface area contributed by atoms with Gasteiger partial charge >= 0.3 is 0 Å². The number of rotatable bonds is 12. The molecule has 0 aliphatic rings. The standard InChI is InChI=1S/C24H29FN4O4/c1-31-9-4-10-33-14-16-13-28-23-17(5-3-6-18(23)24(27)30)22(16)29-20(12-26)15-7-8-21(32-2)19(25)11-15/h3,5-8,11,13,20H,4,9-10,12,14,26H2,1-2H3,(H2,27,30)(H,28,29). The number of fused-ring (bicyclic) bond motifs is 1. The molecule has 1 unspecified atom stereocenters. The number of primary amides is 1. The SMILES string of the molecule is COCCCOCc1cnc2c(C(N)=O)cccc2c1NC(CN)c1ccc(OC)c(F)c1. The molecule has 3 rings (SSSR count). The van der Waals surface area contributed by atoms with E-state index >= 15 is 0 Å². The van der Waals surface area contributed by atoms with Crippen LogP contribution in [0.5, 0.6) is 5.75 Å². The molecule has 3 aromatic rings. The molecule has 1 heterocycles. The highest BCUT2D eigenvalue weighted by atomic mass is 19.1. The topological polar surface area (TPSA) is 122 Å². The fraction of sp³-hybridized carbons (Fsp3) is 0.333. The van der Waals surface area contributed by atoms with Crippen molar-refractivity contribution in [3.05, 3.63) is 65.1 Å². The normalized spacial score (nSPS) is 12.0. The molecule has 9 heteroatoms. The molecule has 33 heavy (non-hydrogen) atoms. The Hall–Kier alpha value is -3.27. The molecule has 0 radical (unpaired) electrons. The molecule has 1 atom stereocenters. The zero-order valence-electron chi connectivity index (χ0n) is 18.8. The number of benzene rings is 2. The number of nitrogens with one attached hydrogen (secondary N) is 1. The number of pyridine rings is 1. The third-order valence-corrected chi connectivity index (χ3v) is 5.27. The predicted molar refractivity (Wildman–Crippen MR) is 125 cm³/mol. The third-order valence-electron chi connectivity index (χ3n) is 5.27. The molecule has 1 aromatic heterocycles. The molecule has 0 saturated heterocycles. The predicted octanol–water partition coefficient (Wildman–Crippen LogP) is 3.15. The van der Waals surface area contributed by atoms with Crippen molar-refractivity contribution in [2.75, 3.05) is 39.3 Å². The first-order valence-corrected chi connectivity index (χ1v) is 10.6. The molecular weight excluding hydrogens is 427 g/mol. The summed E-state index contributed by atoms with van der Waals surface area (Å²) < 4.78 is 30.2. The highest BCUT2D eigenvalue weighted by molar-refractivity contribution is 6.08. The molecule has 0 saturated carbocycles. The Morgan fingerprint density at radius 3 is 2.70 bits per heavy atom. The Bertz CT molecular complexity index is 1110. The second kappa shape index (κ2) is 11.6. The van der Waals surface area contributed by atoms with Crippen molar-refractivity contribution in [2.45, 2.75) is 19.1 Å². The van der Waals surface area contributed by atoms with Gasteiger partial charge in [0.1, 0.15) is 0 Å². The maximum atomic E-state index is 14.3. The van der Waals surface area contributed by atoms with Crippen LogP contribution in [0.2, 0.25) is 0 Å². The number of nitrogens with zero attached hydrogens (tertiary/aromatic N) is 1. The molecule has 0 fully saturated rings. The minimum absolute atomic E-state index is 0.153. The average molecular weight is 457 g/mol. The van der Waals surface area contributed by atoms with Crippen LogP contribution in [0.25, 0.3) is 10.9 Å². The molecule has 8 nitrogen and oxygen atoms in total. The number of halogens is 1. The second-order valence-corrected chi connectivity index (χ2v) is 7.45. The highest BCUT2D eigenvalue weighted by Crippen LogP contribution is 2.32. The summed E-state index contributed by atoms with van der Waals surface area (Å²) in [5.41, 5.74) is 14.5. The number of para-hydroxylation sites is 1. The molecule has 0 aliphatic heterocycles. The van der Waals surface area contributed by atoms with Crippen molar-refractivity contribution in [1.29, 1.82) is 0 Å². The molecular formula is C24H29FN4O4. The zero-order valence-corrected chi connectivity index (χ0v) is 18.8. The lowest BCUT2D eigenvalue weighted by Gasteiger charge is -2.23. The van der Waals surface area contributed by atoms with Gasteiger partial charge in [0.05, 0.1) is 36.5 Å². The Morgan fingerprint density at radius 2 is 2.03 bits per heavy atom. The third kappa shape index (κ3) is 5.75. The van der Waals surface area contributed by atoms with Crippen molar-refractivity contribution >= 4 is 22.5 Å². The maximum Gasteiger partial charge on any atom is 0.250 e. The van der Waals surface area contributed by atoms with Gasteiger partial charge in [0.15, 0.2) is 11.6 Å².